The van der Waals surface area contributed by atoms with Crippen molar-refractivity contribution in [3.8, 4) is 23.0 Å². The quantitative estimate of drug-likeness (QED) is 0.386. The first kappa shape index (κ1) is 28.3. The summed E-state index contributed by atoms with van der Waals surface area (Å²) in [6, 6.07) is 9.98. The minimum Gasteiger partial charge on any atom is -0.502 e. The lowest BCUT2D eigenvalue weighted by Gasteiger charge is -2.42. The molecule has 1 saturated heterocycles. The van der Waals surface area contributed by atoms with Crippen LogP contribution in [0.3, 0.4) is 0 Å². The van der Waals surface area contributed by atoms with E-state index in [2.05, 4.69) is 4.90 Å². The van der Waals surface area contributed by atoms with Crippen molar-refractivity contribution in [2.75, 3.05) is 41.5 Å². The van der Waals surface area contributed by atoms with E-state index in [1.807, 2.05) is 10.6 Å². The number of aromatic hydroxyl groups is 1. The highest BCUT2D eigenvalue weighted by Gasteiger charge is 2.36. The molecule has 3 aromatic rings. The van der Waals surface area contributed by atoms with Crippen molar-refractivity contribution < 1.29 is 33.3 Å². The number of piperidine rings is 1. The number of rotatable bonds is 9. The molecule has 11 heteroatoms. The minimum absolute atomic E-state index is 0.0158. The van der Waals surface area contributed by atoms with Crippen LogP contribution in [0.15, 0.2) is 50.4 Å². The molecule has 0 radical (unpaired) electrons. The van der Waals surface area contributed by atoms with Crippen molar-refractivity contribution in [1.82, 2.24) is 9.47 Å². The van der Waals surface area contributed by atoms with E-state index in [0.29, 0.717) is 42.5 Å². The average Bonchev–Trinajstić information content (AvgIpc) is 2.97. The van der Waals surface area contributed by atoms with E-state index in [0.717, 1.165) is 18.7 Å². The number of nitrogens with zero attached hydrogens (tertiary/aromatic N) is 2. The lowest BCUT2D eigenvalue weighted by molar-refractivity contribution is -0.140. The predicted octanol–water partition coefficient (Wildman–Crippen LogP) is 2.85. The molecule has 2 aliphatic rings. The van der Waals surface area contributed by atoms with E-state index in [4.69, 9.17) is 23.4 Å². The largest absolute Gasteiger partial charge is 0.502 e. The Bertz CT molecular complexity index is 1560. The van der Waals surface area contributed by atoms with E-state index in [-0.39, 0.29) is 35.3 Å². The first-order chi connectivity index (χ1) is 19.8. The van der Waals surface area contributed by atoms with E-state index >= 15 is 0 Å². The fourth-order valence-electron chi connectivity index (χ4n) is 6.21. The van der Waals surface area contributed by atoms with Crippen LogP contribution in [-0.2, 0) is 22.6 Å². The predicted molar refractivity (Wildman–Crippen MR) is 148 cm³/mol. The zero-order valence-electron chi connectivity index (χ0n) is 23.5. The van der Waals surface area contributed by atoms with Gasteiger partial charge < -0.3 is 33.0 Å². The van der Waals surface area contributed by atoms with Crippen LogP contribution in [0.5, 0.6) is 23.0 Å². The zero-order chi connectivity index (χ0) is 29.3. The van der Waals surface area contributed by atoms with Crippen molar-refractivity contribution in [3.05, 3.63) is 79.8 Å². The summed E-state index contributed by atoms with van der Waals surface area (Å²) in [5.74, 6) is -0.380. The number of aromatic nitrogens is 1. The molecule has 0 spiro atoms. The van der Waals surface area contributed by atoms with Gasteiger partial charge >= 0.3 is 5.97 Å². The molecular formula is C30H34N2O9. The Morgan fingerprint density at radius 1 is 1.02 bits per heavy atom. The highest BCUT2D eigenvalue weighted by atomic mass is 16.5. The SMILES string of the molecule is COC(=O)C[C@H](c1ccc(OC)c(OC)c1OC)c1oc(CN2C[C@@H]3C[C@H](C2)c2cccc(=O)n2C3)cc(=O)c1O. The number of hydrogen-bond donors (Lipinski definition) is 1. The van der Waals surface area contributed by atoms with Gasteiger partial charge in [0.15, 0.2) is 17.3 Å². The number of likely N-dealkylation sites (tertiary alicyclic amines) is 1. The van der Waals surface area contributed by atoms with Crippen LogP contribution in [-0.4, -0.2) is 62.1 Å². The summed E-state index contributed by atoms with van der Waals surface area (Å²) in [6.45, 7) is 2.38. The van der Waals surface area contributed by atoms with E-state index in [1.54, 1.807) is 24.3 Å². The Hall–Kier alpha value is -4.25. The summed E-state index contributed by atoms with van der Waals surface area (Å²) in [7, 11) is 5.66. The Balaban J connectivity index is 1.52. The maximum Gasteiger partial charge on any atom is 0.306 e. The summed E-state index contributed by atoms with van der Waals surface area (Å²) in [4.78, 5) is 40.1. The Kier molecular flexibility index (Phi) is 8.07. The third kappa shape index (κ3) is 5.41. The van der Waals surface area contributed by atoms with Crippen molar-refractivity contribution in [2.45, 2.75) is 37.8 Å². The second kappa shape index (κ2) is 11.7. The maximum atomic E-state index is 13.0. The number of esters is 1. The lowest BCUT2D eigenvalue weighted by Crippen LogP contribution is -2.46. The summed E-state index contributed by atoms with van der Waals surface area (Å²) in [5, 5.41) is 10.9. The summed E-state index contributed by atoms with van der Waals surface area (Å²) in [6.07, 6.45) is 0.757. The first-order valence-corrected chi connectivity index (χ1v) is 13.4. The third-order valence-electron chi connectivity index (χ3n) is 7.96. The molecule has 218 valence electrons. The van der Waals surface area contributed by atoms with Crippen LogP contribution in [0.2, 0.25) is 0 Å². The van der Waals surface area contributed by atoms with Crippen LogP contribution in [0.25, 0.3) is 0 Å². The molecule has 1 fully saturated rings. The number of benzene rings is 1. The number of fused-ring (bicyclic) bond motifs is 4. The molecule has 2 bridgehead atoms. The van der Waals surface area contributed by atoms with Crippen LogP contribution in [0.1, 0.15) is 47.5 Å². The van der Waals surface area contributed by atoms with Crippen molar-refractivity contribution in [3.63, 3.8) is 0 Å². The topological polar surface area (TPSA) is 130 Å². The van der Waals surface area contributed by atoms with Gasteiger partial charge in [-0.25, -0.2) is 0 Å². The number of carbonyl (C=O) groups is 1. The number of hydrogen-bond acceptors (Lipinski definition) is 10. The molecule has 0 aliphatic carbocycles. The monoisotopic (exact) mass is 566 g/mol. The van der Waals surface area contributed by atoms with Gasteiger partial charge in [0.05, 0.1) is 47.3 Å². The Morgan fingerprint density at radius 2 is 1.80 bits per heavy atom. The molecule has 0 saturated carbocycles. The minimum atomic E-state index is -0.927. The summed E-state index contributed by atoms with van der Waals surface area (Å²) < 4.78 is 29.5. The molecule has 5 rings (SSSR count). The fraction of sp³-hybridized carbons (Fsp3) is 0.433. The van der Waals surface area contributed by atoms with Gasteiger partial charge in [0.25, 0.3) is 5.56 Å². The highest BCUT2D eigenvalue weighted by Crippen LogP contribution is 2.46. The van der Waals surface area contributed by atoms with Crippen LogP contribution < -0.4 is 25.2 Å². The van der Waals surface area contributed by atoms with Gasteiger partial charge in [-0.2, -0.15) is 0 Å². The van der Waals surface area contributed by atoms with Crippen LogP contribution >= 0.6 is 0 Å². The Labute approximate surface area is 236 Å². The van der Waals surface area contributed by atoms with Gasteiger partial charge in [-0.3, -0.25) is 19.3 Å². The number of carbonyl (C=O) groups excluding carboxylic acids is 1. The van der Waals surface area contributed by atoms with Crippen LogP contribution in [0.4, 0.5) is 0 Å². The molecule has 1 aromatic carbocycles. The highest BCUT2D eigenvalue weighted by molar-refractivity contribution is 5.72. The maximum absolute atomic E-state index is 13.0. The molecule has 0 amide bonds. The van der Waals surface area contributed by atoms with Gasteiger partial charge in [-0.15, -0.1) is 0 Å². The van der Waals surface area contributed by atoms with E-state index in [1.165, 1.54) is 34.5 Å². The molecule has 1 N–H and O–H groups in total. The average molecular weight is 567 g/mol. The molecular weight excluding hydrogens is 532 g/mol. The number of ether oxygens (including phenoxy) is 4. The second-order valence-electron chi connectivity index (χ2n) is 10.4. The molecule has 3 atom stereocenters. The van der Waals surface area contributed by atoms with Gasteiger partial charge in [-0.1, -0.05) is 12.1 Å². The molecule has 41 heavy (non-hydrogen) atoms. The smallest absolute Gasteiger partial charge is 0.306 e. The number of pyridine rings is 1. The van der Waals surface area contributed by atoms with Crippen molar-refractivity contribution >= 4 is 5.97 Å². The molecule has 11 nitrogen and oxygen atoms in total. The van der Waals surface area contributed by atoms with Crippen LogP contribution in [0, 0.1) is 5.92 Å². The first-order valence-electron chi connectivity index (χ1n) is 13.4. The van der Waals surface area contributed by atoms with E-state index < -0.39 is 23.1 Å². The molecule has 0 unspecified atom stereocenters. The van der Waals surface area contributed by atoms with Gasteiger partial charge in [0.2, 0.25) is 16.9 Å². The normalized spacial score (nSPS) is 18.7. The second-order valence-corrected chi connectivity index (χ2v) is 10.4. The molecule has 2 aliphatic heterocycles. The van der Waals surface area contributed by atoms with Gasteiger partial charge in [0.1, 0.15) is 5.76 Å². The molecule has 4 heterocycles. The Morgan fingerprint density at radius 3 is 2.51 bits per heavy atom. The van der Waals surface area contributed by atoms with Crippen molar-refractivity contribution in [2.24, 2.45) is 5.92 Å². The summed E-state index contributed by atoms with van der Waals surface area (Å²) >= 11 is 0. The lowest BCUT2D eigenvalue weighted by atomic mass is 9.83. The van der Waals surface area contributed by atoms with Gasteiger partial charge in [-0.05, 0) is 24.5 Å². The molecule has 2 aromatic heterocycles. The fourth-order valence-corrected chi connectivity index (χ4v) is 6.21. The van der Waals surface area contributed by atoms with Gasteiger partial charge in [0, 0.05) is 48.9 Å². The van der Waals surface area contributed by atoms with E-state index in [9.17, 15) is 19.5 Å². The summed E-state index contributed by atoms with van der Waals surface area (Å²) in [5.41, 5.74) is 0.859. The third-order valence-corrected chi connectivity index (χ3v) is 7.96. The van der Waals surface area contributed by atoms with Crippen molar-refractivity contribution in [1.29, 1.82) is 0 Å². The zero-order valence-corrected chi connectivity index (χ0v) is 23.5. The number of methoxy groups -OCH3 is 4. The standard InChI is InChI=1S/C30H34N2O9/c1-37-24-9-8-20(29(39-3)30(24)40-4)21(12-26(35)38-2)28-27(36)23(33)11-19(41-28)16-31-13-17-10-18(15-31)22-6-5-7-25(34)32(22)14-17/h5-9,11,17-18,21,36H,10,12-16H2,1-4H3/t17-,18+,21+/m0/s1.